The van der Waals surface area contributed by atoms with E-state index in [0.717, 1.165) is 37.5 Å². The minimum absolute atomic E-state index is 0.144. The molecule has 1 saturated heterocycles. The van der Waals surface area contributed by atoms with Crippen molar-refractivity contribution in [2.75, 3.05) is 31.5 Å². The number of nitrogens with one attached hydrogen (secondary N) is 2. The Morgan fingerprint density at radius 3 is 2.90 bits per heavy atom. The lowest BCUT2D eigenvalue weighted by molar-refractivity contribution is -0.115. The third-order valence-corrected chi connectivity index (χ3v) is 5.71. The third-order valence-electron chi connectivity index (χ3n) is 5.71. The van der Waals surface area contributed by atoms with Gasteiger partial charge in [-0.05, 0) is 68.1 Å². The van der Waals surface area contributed by atoms with E-state index >= 15 is 0 Å². The van der Waals surface area contributed by atoms with Crippen LogP contribution >= 0.6 is 0 Å². The second-order valence-corrected chi connectivity index (χ2v) is 8.34. The van der Waals surface area contributed by atoms with Crippen LogP contribution in [0.15, 0.2) is 54.3 Å². The van der Waals surface area contributed by atoms with Gasteiger partial charge in [0.05, 0.1) is 5.69 Å². The summed E-state index contributed by atoms with van der Waals surface area (Å²) < 4.78 is 5.77. The van der Waals surface area contributed by atoms with Gasteiger partial charge in [-0.25, -0.2) is 0 Å². The number of ether oxygens (including phenoxy) is 1. The number of hydrogen-bond acceptors (Lipinski definition) is 4. The Kier molecular flexibility index (Phi) is 6.67. The number of rotatable bonds is 6. The molecule has 0 saturated carbocycles. The van der Waals surface area contributed by atoms with Gasteiger partial charge >= 0.3 is 0 Å². The van der Waals surface area contributed by atoms with Crippen LogP contribution in [0.3, 0.4) is 0 Å². The lowest BCUT2D eigenvalue weighted by Crippen LogP contribution is -2.36. The van der Waals surface area contributed by atoms with Crippen LogP contribution in [0, 0.1) is 5.92 Å². The maximum Gasteiger partial charge on any atom is 0.291 e. The van der Waals surface area contributed by atoms with Crippen molar-refractivity contribution in [1.82, 2.24) is 10.2 Å². The Morgan fingerprint density at radius 2 is 2.10 bits per heavy atom. The van der Waals surface area contributed by atoms with Crippen molar-refractivity contribution in [3.05, 3.63) is 65.4 Å². The molecule has 1 fully saturated rings. The highest BCUT2D eigenvalue weighted by Gasteiger charge is 2.23. The molecule has 162 valence electrons. The summed E-state index contributed by atoms with van der Waals surface area (Å²) >= 11 is 0. The maximum atomic E-state index is 12.5. The number of nitrogens with zero attached hydrogens (tertiary/aromatic N) is 1. The molecule has 0 radical (unpaired) electrons. The van der Waals surface area contributed by atoms with Gasteiger partial charge in [-0.3, -0.25) is 9.59 Å². The van der Waals surface area contributed by atoms with Crippen molar-refractivity contribution >= 4 is 23.6 Å². The molecule has 2 N–H and O–H groups in total. The zero-order valence-electron chi connectivity index (χ0n) is 17.9. The van der Waals surface area contributed by atoms with Gasteiger partial charge in [0.2, 0.25) is 0 Å². The van der Waals surface area contributed by atoms with Crippen molar-refractivity contribution in [2.24, 2.45) is 5.92 Å². The summed E-state index contributed by atoms with van der Waals surface area (Å²) in [4.78, 5) is 27.4. The number of carbonyl (C=O) groups is 2. The number of fused-ring (bicyclic) bond motifs is 1. The van der Waals surface area contributed by atoms with E-state index in [1.807, 2.05) is 30.3 Å². The van der Waals surface area contributed by atoms with Crippen molar-refractivity contribution in [1.29, 1.82) is 0 Å². The van der Waals surface area contributed by atoms with Crippen LogP contribution < -0.4 is 15.4 Å². The molecule has 2 aromatic rings. The first-order chi connectivity index (χ1) is 15.1. The van der Waals surface area contributed by atoms with Crippen molar-refractivity contribution in [2.45, 2.75) is 26.2 Å². The zero-order valence-corrected chi connectivity index (χ0v) is 17.9. The van der Waals surface area contributed by atoms with Gasteiger partial charge in [-0.15, -0.1) is 0 Å². The lowest BCUT2D eigenvalue weighted by atomic mass is 10.0. The summed E-state index contributed by atoms with van der Waals surface area (Å²) in [6.07, 6.45) is 5.20. The standard InChI is InChI=1S/C25H29N3O3/c1-18-7-5-13-28(17-18)14-6-12-26-24(29)20-10-11-22-21(16-20)27-25(30)23(31-22)15-19-8-3-2-4-9-19/h2-4,8-11,15-16,18H,5-7,12-14,17H2,1H3,(H,26,29)(H,27,30). The van der Waals surface area contributed by atoms with Crippen molar-refractivity contribution < 1.29 is 14.3 Å². The highest BCUT2D eigenvalue weighted by molar-refractivity contribution is 6.09. The molecule has 2 heterocycles. The molecule has 4 rings (SSSR count). The molecule has 2 aromatic carbocycles. The van der Waals surface area contributed by atoms with Crippen LogP contribution in [0.2, 0.25) is 0 Å². The molecule has 0 spiro atoms. The van der Waals surface area contributed by atoms with E-state index in [-0.39, 0.29) is 17.6 Å². The fourth-order valence-corrected chi connectivity index (χ4v) is 4.10. The third kappa shape index (κ3) is 5.52. The SMILES string of the molecule is CC1CCCN(CCCNC(=O)c2ccc3c(c2)NC(=O)C(=Cc2ccccc2)O3)C1. The van der Waals surface area contributed by atoms with E-state index in [4.69, 9.17) is 4.74 Å². The van der Waals surface area contributed by atoms with Gasteiger partial charge in [-0.2, -0.15) is 0 Å². The zero-order chi connectivity index (χ0) is 21.6. The number of benzene rings is 2. The molecule has 2 aliphatic rings. The van der Waals surface area contributed by atoms with Gasteiger partial charge in [0, 0.05) is 18.7 Å². The summed E-state index contributed by atoms with van der Waals surface area (Å²) in [5.41, 5.74) is 1.89. The van der Waals surface area contributed by atoms with Gasteiger partial charge in [0.25, 0.3) is 11.8 Å². The van der Waals surface area contributed by atoms with E-state index < -0.39 is 0 Å². The summed E-state index contributed by atoms with van der Waals surface area (Å²) in [6.45, 7) is 6.25. The molecule has 1 atom stereocenters. The molecule has 1 unspecified atom stereocenters. The molecule has 6 nitrogen and oxygen atoms in total. The van der Waals surface area contributed by atoms with Crippen LogP contribution in [0.5, 0.6) is 5.75 Å². The van der Waals surface area contributed by atoms with E-state index in [9.17, 15) is 9.59 Å². The highest BCUT2D eigenvalue weighted by atomic mass is 16.5. The topological polar surface area (TPSA) is 70.7 Å². The Labute approximate surface area is 183 Å². The van der Waals surface area contributed by atoms with Gasteiger partial charge in [0.1, 0.15) is 0 Å². The first-order valence-corrected chi connectivity index (χ1v) is 11.0. The number of carbonyl (C=O) groups excluding carboxylic acids is 2. The lowest BCUT2D eigenvalue weighted by Gasteiger charge is -2.30. The molecule has 2 aliphatic heterocycles. The van der Waals surface area contributed by atoms with Crippen LogP contribution in [-0.4, -0.2) is 42.9 Å². The number of anilines is 1. The fraction of sp³-hybridized carbons (Fsp3) is 0.360. The minimum Gasteiger partial charge on any atom is -0.449 e. The van der Waals surface area contributed by atoms with Gasteiger partial charge < -0.3 is 20.3 Å². The number of piperidine rings is 1. The Hall–Kier alpha value is -3.12. The minimum atomic E-state index is -0.329. The molecular formula is C25H29N3O3. The predicted octanol–water partition coefficient (Wildman–Crippen LogP) is 3.91. The van der Waals surface area contributed by atoms with E-state index in [0.29, 0.717) is 23.5 Å². The molecule has 6 heteroatoms. The van der Waals surface area contributed by atoms with Crippen LogP contribution in [0.25, 0.3) is 6.08 Å². The smallest absolute Gasteiger partial charge is 0.291 e. The number of hydrogen-bond donors (Lipinski definition) is 2. The fourth-order valence-electron chi connectivity index (χ4n) is 4.10. The average Bonchev–Trinajstić information content (AvgIpc) is 2.77. The van der Waals surface area contributed by atoms with E-state index in [1.165, 1.54) is 12.8 Å². The largest absolute Gasteiger partial charge is 0.449 e. The Morgan fingerprint density at radius 1 is 1.26 bits per heavy atom. The summed E-state index contributed by atoms with van der Waals surface area (Å²) in [5, 5.41) is 5.80. The Balaban J connectivity index is 1.32. The molecule has 0 bridgehead atoms. The summed E-state index contributed by atoms with van der Waals surface area (Å²) in [7, 11) is 0. The second kappa shape index (κ2) is 9.79. The molecule has 0 aromatic heterocycles. The average molecular weight is 420 g/mol. The second-order valence-electron chi connectivity index (χ2n) is 8.34. The van der Waals surface area contributed by atoms with Crippen LogP contribution in [0.4, 0.5) is 5.69 Å². The number of likely N-dealkylation sites (tertiary alicyclic amines) is 1. The van der Waals surface area contributed by atoms with Crippen LogP contribution in [0.1, 0.15) is 42.1 Å². The number of amides is 2. The summed E-state index contributed by atoms with van der Waals surface area (Å²) in [6, 6.07) is 14.6. The monoisotopic (exact) mass is 419 g/mol. The maximum absolute atomic E-state index is 12.5. The van der Waals surface area contributed by atoms with Crippen molar-refractivity contribution in [3.63, 3.8) is 0 Å². The highest BCUT2D eigenvalue weighted by Crippen LogP contribution is 2.32. The first-order valence-electron chi connectivity index (χ1n) is 11.0. The van der Waals surface area contributed by atoms with E-state index in [2.05, 4.69) is 22.5 Å². The molecular weight excluding hydrogens is 390 g/mol. The molecule has 31 heavy (non-hydrogen) atoms. The quantitative estimate of drug-likeness (QED) is 0.550. The summed E-state index contributed by atoms with van der Waals surface area (Å²) in [5.74, 6) is 1.04. The van der Waals surface area contributed by atoms with Crippen molar-refractivity contribution in [3.8, 4) is 5.75 Å². The first kappa shape index (κ1) is 21.1. The van der Waals surface area contributed by atoms with Gasteiger partial charge in [0.15, 0.2) is 11.5 Å². The van der Waals surface area contributed by atoms with E-state index in [1.54, 1.807) is 24.3 Å². The Bertz CT molecular complexity index is 971. The normalized spacial score (nSPS) is 20.0. The molecule has 2 amide bonds. The predicted molar refractivity (Wildman–Crippen MR) is 122 cm³/mol. The van der Waals surface area contributed by atoms with Crippen LogP contribution in [-0.2, 0) is 4.79 Å². The molecule has 0 aliphatic carbocycles. The van der Waals surface area contributed by atoms with Gasteiger partial charge in [-0.1, -0.05) is 37.3 Å².